The van der Waals surface area contributed by atoms with Crippen LogP contribution in [0.15, 0.2) is 30.3 Å². The number of rotatable bonds is 4. The van der Waals surface area contributed by atoms with Crippen molar-refractivity contribution >= 4 is 32.8 Å². The van der Waals surface area contributed by atoms with E-state index in [2.05, 4.69) is 9.36 Å². The van der Waals surface area contributed by atoms with E-state index in [1.165, 1.54) is 4.90 Å². The van der Waals surface area contributed by atoms with E-state index < -0.39 is 21.9 Å². The highest BCUT2D eigenvalue weighted by atomic mass is 32.3. The van der Waals surface area contributed by atoms with Crippen LogP contribution in [-0.4, -0.2) is 36.0 Å². The number of nitrogens with zero attached hydrogens (tertiary/aromatic N) is 3. The van der Waals surface area contributed by atoms with Crippen LogP contribution >= 0.6 is 11.5 Å². The van der Waals surface area contributed by atoms with Crippen LogP contribution in [0.3, 0.4) is 0 Å². The van der Waals surface area contributed by atoms with Crippen molar-refractivity contribution in [2.24, 2.45) is 5.92 Å². The smallest absolute Gasteiger partial charge is 0.287 e. The Labute approximate surface area is 131 Å². The summed E-state index contributed by atoms with van der Waals surface area (Å²) in [5.74, 6) is -0.939. The Balaban J connectivity index is 1.78. The van der Waals surface area contributed by atoms with Crippen molar-refractivity contribution in [2.45, 2.75) is 6.42 Å². The summed E-state index contributed by atoms with van der Waals surface area (Å²) in [6, 6.07) is 9.31. The molecule has 2 aromatic rings. The predicted molar refractivity (Wildman–Crippen MR) is 80.7 cm³/mol. The van der Waals surface area contributed by atoms with Crippen LogP contribution in [0.1, 0.15) is 6.42 Å². The Morgan fingerprint density at radius 2 is 2.05 bits per heavy atom. The summed E-state index contributed by atoms with van der Waals surface area (Å²) in [6.07, 6.45) is 0.00337. The van der Waals surface area contributed by atoms with Crippen LogP contribution in [-0.2, 0) is 15.0 Å². The fourth-order valence-electron chi connectivity index (χ4n) is 2.39. The van der Waals surface area contributed by atoms with Crippen LogP contribution in [0.25, 0.3) is 11.4 Å². The summed E-state index contributed by atoms with van der Waals surface area (Å²) in [6.45, 7) is 0.144. The topological polar surface area (TPSA) is 80.2 Å². The number of aromatic nitrogens is 2. The summed E-state index contributed by atoms with van der Waals surface area (Å²) in [5, 5.41) is 0.405. The first-order valence-corrected chi connectivity index (χ1v) is 8.87. The number of amides is 1. The second-order valence-electron chi connectivity index (χ2n) is 5.05. The third-order valence-corrected chi connectivity index (χ3v) is 4.93. The number of halogens is 1. The SMILES string of the molecule is O=C1CC(CS(=O)(=O)F)CN1c1nc(-c2ccccc2)ns1. The molecule has 22 heavy (non-hydrogen) atoms. The highest BCUT2D eigenvalue weighted by Crippen LogP contribution is 2.29. The average molecular weight is 341 g/mol. The lowest BCUT2D eigenvalue weighted by Crippen LogP contribution is -2.25. The van der Waals surface area contributed by atoms with Crippen LogP contribution < -0.4 is 4.90 Å². The van der Waals surface area contributed by atoms with Crippen LogP contribution in [0.4, 0.5) is 9.02 Å². The zero-order chi connectivity index (χ0) is 15.7. The predicted octanol–water partition coefficient (Wildman–Crippen LogP) is 1.86. The molecule has 1 saturated heterocycles. The van der Waals surface area contributed by atoms with E-state index in [4.69, 9.17) is 0 Å². The van der Waals surface area contributed by atoms with Crippen LogP contribution in [0, 0.1) is 5.92 Å². The monoisotopic (exact) mass is 341 g/mol. The Morgan fingerprint density at radius 3 is 2.73 bits per heavy atom. The second-order valence-corrected chi connectivity index (χ2v) is 7.19. The molecule has 0 N–H and O–H groups in total. The van der Waals surface area contributed by atoms with E-state index in [9.17, 15) is 17.1 Å². The van der Waals surface area contributed by atoms with Gasteiger partial charge in [0, 0.05) is 36.0 Å². The Kier molecular flexibility index (Phi) is 3.92. The standard InChI is InChI=1S/C13H12FN3O3S2/c14-22(19,20)8-9-6-11(18)17(7-9)13-15-12(16-21-13)10-4-2-1-3-5-10/h1-5,9H,6-8H2. The molecular weight excluding hydrogens is 329 g/mol. The van der Waals surface area contributed by atoms with Crippen molar-refractivity contribution < 1.29 is 17.1 Å². The molecule has 1 aromatic carbocycles. The minimum absolute atomic E-state index is 0.00337. The molecule has 0 saturated carbocycles. The first-order valence-electron chi connectivity index (χ1n) is 6.54. The largest absolute Gasteiger partial charge is 0.302 e. The van der Waals surface area contributed by atoms with Crippen molar-refractivity contribution in [3.8, 4) is 11.4 Å². The Morgan fingerprint density at radius 1 is 1.32 bits per heavy atom. The second kappa shape index (κ2) is 5.73. The van der Waals surface area contributed by atoms with E-state index in [0.717, 1.165) is 17.1 Å². The van der Waals surface area contributed by atoms with Gasteiger partial charge in [-0.1, -0.05) is 30.3 Å². The van der Waals surface area contributed by atoms with Gasteiger partial charge in [-0.2, -0.15) is 17.8 Å². The van der Waals surface area contributed by atoms with Crippen molar-refractivity contribution in [1.82, 2.24) is 9.36 Å². The molecule has 1 amide bonds. The molecular formula is C13H12FN3O3S2. The highest BCUT2D eigenvalue weighted by Gasteiger charge is 2.35. The lowest BCUT2D eigenvalue weighted by molar-refractivity contribution is -0.117. The van der Waals surface area contributed by atoms with Gasteiger partial charge in [0.15, 0.2) is 5.82 Å². The van der Waals surface area contributed by atoms with Gasteiger partial charge >= 0.3 is 10.2 Å². The fourth-order valence-corrected chi connectivity index (χ4v) is 3.89. The first-order chi connectivity index (χ1) is 10.4. The summed E-state index contributed by atoms with van der Waals surface area (Å²) in [7, 11) is -4.59. The van der Waals surface area contributed by atoms with Crippen LogP contribution in [0.5, 0.6) is 0 Å². The molecule has 1 atom stereocenters. The third-order valence-electron chi connectivity index (χ3n) is 3.32. The first kappa shape index (κ1) is 15.0. The van der Waals surface area contributed by atoms with Crippen molar-refractivity contribution in [2.75, 3.05) is 17.2 Å². The maximum absolute atomic E-state index is 12.7. The quantitative estimate of drug-likeness (QED) is 0.793. The van der Waals surface area contributed by atoms with Gasteiger partial charge in [-0.05, 0) is 0 Å². The summed E-state index contributed by atoms with van der Waals surface area (Å²) in [4.78, 5) is 17.7. The normalized spacial score (nSPS) is 18.9. The summed E-state index contributed by atoms with van der Waals surface area (Å²) in [5.41, 5.74) is 0.833. The minimum atomic E-state index is -4.59. The molecule has 0 bridgehead atoms. The average Bonchev–Trinajstić information content (AvgIpc) is 3.05. The van der Waals surface area contributed by atoms with Gasteiger partial charge in [0.25, 0.3) is 0 Å². The van der Waals surface area contributed by atoms with Crippen LogP contribution in [0.2, 0.25) is 0 Å². The molecule has 0 radical (unpaired) electrons. The van der Waals surface area contributed by atoms with Gasteiger partial charge in [0.2, 0.25) is 11.0 Å². The highest BCUT2D eigenvalue weighted by molar-refractivity contribution is 7.86. The molecule has 6 nitrogen and oxygen atoms in total. The summed E-state index contributed by atoms with van der Waals surface area (Å²) < 4.78 is 38.4. The molecule has 1 fully saturated rings. The molecule has 1 unspecified atom stereocenters. The molecule has 2 heterocycles. The molecule has 1 aromatic heterocycles. The number of anilines is 1. The number of hydrogen-bond donors (Lipinski definition) is 0. The number of carbonyl (C=O) groups excluding carboxylic acids is 1. The maximum atomic E-state index is 12.7. The molecule has 0 aliphatic carbocycles. The number of carbonyl (C=O) groups is 1. The van der Waals surface area contributed by atoms with E-state index in [1.54, 1.807) is 0 Å². The Bertz CT molecular complexity index is 792. The molecule has 1 aliphatic heterocycles. The molecule has 3 rings (SSSR count). The van der Waals surface area contributed by atoms with E-state index in [1.807, 2.05) is 30.3 Å². The van der Waals surface area contributed by atoms with Gasteiger partial charge in [0.1, 0.15) is 0 Å². The van der Waals surface area contributed by atoms with E-state index >= 15 is 0 Å². The van der Waals surface area contributed by atoms with Crippen molar-refractivity contribution in [3.63, 3.8) is 0 Å². The van der Waals surface area contributed by atoms with E-state index in [0.29, 0.717) is 11.0 Å². The lowest BCUT2D eigenvalue weighted by atomic mass is 10.1. The minimum Gasteiger partial charge on any atom is -0.287 e. The van der Waals surface area contributed by atoms with Gasteiger partial charge in [-0.15, -0.1) is 3.89 Å². The lowest BCUT2D eigenvalue weighted by Gasteiger charge is -2.11. The zero-order valence-electron chi connectivity index (χ0n) is 11.3. The van der Waals surface area contributed by atoms with Gasteiger partial charge in [-0.25, -0.2) is 0 Å². The summed E-state index contributed by atoms with van der Waals surface area (Å²) >= 11 is 1.07. The van der Waals surface area contributed by atoms with Gasteiger partial charge in [0.05, 0.1) is 5.75 Å². The Hall–Kier alpha value is -1.87. The molecule has 116 valence electrons. The van der Waals surface area contributed by atoms with Gasteiger partial charge < -0.3 is 0 Å². The maximum Gasteiger partial charge on any atom is 0.302 e. The van der Waals surface area contributed by atoms with E-state index in [-0.39, 0.29) is 18.9 Å². The molecule has 1 aliphatic rings. The number of hydrogen-bond acceptors (Lipinski definition) is 6. The zero-order valence-corrected chi connectivity index (χ0v) is 13.0. The fraction of sp³-hybridized carbons (Fsp3) is 0.308. The third kappa shape index (κ3) is 3.30. The van der Waals surface area contributed by atoms with Gasteiger partial charge in [-0.3, -0.25) is 9.69 Å². The van der Waals surface area contributed by atoms with Crippen molar-refractivity contribution in [1.29, 1.82) is 0 Å². The van der Waals surface area contributed by atoms with Crippen molar-refractivity contribution in [3.05, 3.63) is 30.3 Å². The number of benzene rings is 1. The molecule has 0 spiro atoms. The molecule has 9 heteroatoms.